The minimum absolute atomic E-state index is 0.127. The highest BCUT2D eigenvalue weighted by atomic mass is 32.1. The summed E-state index contributed by atoms with van der Waals surface area (Å²) in [6.07, 6.45) is 7.43. The predicted molar refractivity (Wildman–Crippen MR) is 124 cm³/mol. The van der Waals surface area contributed by atoms with Crippen molar-refractivity contribution in [3.05, 3.63) is 57.9 Å². The number of nitrogens with zero attached hydrogens (tertiary/aromatic N) is 1. The third-order valence-corrected chi connectivity index (χ3v) is 6.60. The quantitative estimate of drug-likeness (QED) is 0.488. The first-order valence-corrected chi connectivity index (χ1v) is 11.3. The number of methoxy groups -OCH3 is 3. The van der Waals surface area contributed by atoms with Crippen molar-refractivity contribution in [3.8, 4) is 17.2 Å². The Kier molecular flexibility index (Phi) is 6.80. The van der Waals surface area contributed by atoms with Crippen LogP contribution in [0.1, 0.15) is 45.0 Å². The fourth-order valence-corrected chi connectivity index (χ4v) is 5.09. The Labute approximate surface area is 191 Å². The van der Waals surface area contributed by atoms with E-state index in [-0.39, 0.29) is 5.91 Å². The van der Waals surface area contributed by atoms with E-state index in [2.05, 4.69) is 5.32 Å². The number of thiophene rings is 1. The van der Waals surface area contributed by atoms with Crippen LogP contribution in [0.4, 0.5) is 5.00 Å². The summed E-state index contributed by atoms with van der Waals surface area (Å²) in [6.45, 7) is 0.340. The van der Waals surface area contributed by atoms with Gasteiger partial charge in [0.15, 0.2) is 11.5 Å². The van der Waals surface area contributed by atoms with Crippen molar-refractivity contribution in [2.24, 2.45) is 4.99 Å². The zero-order valence-corrected chi connectivity index (χ0v) is 19.2. The van der Waals surface area contributed by atoms with Crippen molar-refractivity contribution in [2.45, 2.75) is 32.2 Å². The predicted octanol–water partition coefficient (Wildman–Crippen LogP) is 4.93. The minimum Gasteiger partial charge on any atom is -0.493 e. The van der Waals surface area contributed by atoms with Crippen LogP contribution in [0.15, 0.2) is 39.9 Å². The first-order valence-electron chi connectivity index (χ1n) is 10.4. The van der Waals surface area contributed by atoms with Crippen LogP contribution in [0.3, 0.4) is 0 Å². The third-order valence-electron chi connectivity index (χ3n) is 5.40. The maximum atomic E-state index is 13.1. The molecule has 4 rings (SSSR count). The minimum atomic E-state index is -0.127. The number of nitrogens with one attached hydrogen (secondary N) is 1. The molecule has 1 aromatic carbocycles. The van der Waals surface area contributed by atoms with Gasteiger partial charge in [0.05, 0.1) is 39.7 Å². The average molecular weight is 455 g/mol. The second-order valence-electron chi connectivity index (χ2n) is 7.37. The van der Waals surface area contributed by atoms with Gasteiger partial charge in [0.1, 0.15) is 10.8 Å². The lowest BCUT2D eigenvalue weighted by Gasteiger charge is -2.13. The SMILES string of the molecule is COc1cc(C=Nc2sc3c(c2C(=O)NCc2ccco2)CCCC3)cc(OC)c1OC. The second-order valence-corrected chi connectivity index (χ2v) is 8.45. The number of carbonyl (C=O) groups is 1. The molecule has 32 heavy (non-hydrogen) atoms. The number of hydrogen-bond donors (Lipinski definition) is 1. The number of benzene rings is 1. The van der Waals surface area contributed by atoms with Gasteiger partial charge in [-0.2, -0.15) is 0 Å². The highest BCUT2D eigenvalue weighted by Gasteiger charge is 2.25. The monoisotopic (exact) mass is 454 g/mol. The molecule has 0 radical (unpaired) electrons. The molecule has 1 N–H and O–H groups in total. The van der Waals surface area contributed by atoms with E-state index in [0.29, 0.717) is 40.1 Å². The number of ether oxygens (including phenoxy) is 3. The number of fused-ring (bicyclic) bond motifs is 1. The van der Waals surface area contributed by atoms with Crippen molar-refractivity contribution in [3.63, 3.8) is 0 Å². The highest BCUT2D eigenvalue weighted by Crippen LogP contribution is 2.41. The summed E-state index contributed by atoms with van der Waals surface area (Å²) in [6, 6.07) is 7.30. The van der Waals surface area contributed by atoms with Crippen LogP contribution in [0.25, 0.3) is 0 Å². The Balaban J connectivity index is 1.65. The Bertz CT molecular complexity index is 1090. The lowest BCUT2D eigenvalue weighted by Crippen LogP contribution is -2.23. The van der Waals surface area contributed by atoms with Gasteiger partial charge in [-0.05, 0) is 55.5 Å². The Morgan fingerprint density at radius 3 is 2.56 bits per heavy atom. The molecule has 2 aromatic heterocycles. The molecule has 0 fully saturated rings. The van der Waals surface area contributed by atoms with Crippen LogP contribution < -0.4 is 19.5 Å². The molecule has 0 bridgehead atoms. The Morgan fingerprint density at radius 1 is 1.16 bits per heavy atom. The molecule has 2 heterocycles. The topological polar surface area (TPSA) is 82.3 Å². The molecule has 3 aromatic rings. The molecule has 168 valence electrons. The molecule has 0 atom stereocenters. The third kappa shape index (κ3) is 4.50. The summed E-state index contributed by atoms with van der Waals surface area (Å²) in [5.41, 5.74) is 2.57. The summed E-state index contributed by atoms with van der Waals surface area (Å²) in [4.78, 5) is 19.1. The zero-order valence-electron chi connectivity index (χ0n) is 18.4. The number of amides is 1. The summed E-state index contributed by atoms with van der Waals surface area (Å²) >= 11 is 1.59. The van der Waals surface area contributed by atoms with E-state index >= 15 is 0 Å². The van der Waals surface area contributed by atoms with Gasteiger partial charge in [0, 0.05) is 16.7 Å². The van der Waals surface area contributed by atoms with Crippen molar-refractivity contribution in [1.82, 2.24) is 5.32 Å². The lowest BCUT2D eigenvalue weighted by molar-refractivity contribution is 0.0948. The van der Waals surface area contributed by atoms with Gasteiger partial charge in [-0.15, -0.1) is 11.3 Å². The summed E-state index contributed by atoms with van der Waals surface area (Å²) in [5.74, 6) is 2.21. The van der Waals surface area contributed by atoms with Crippen LogP contribution in [0.2, 0.25) is 0 Å². The molecule has 1 aliphatic rings. The Hall–Kier alpha value is -3.26. The number of carbonyl (C=O) groups excluding carboxylic acids is 1. The van der Waals surface area contributed by atoms with E-state index in [0.717, 1.165) is 36.8 Å². The zero-order chi connectivity index (χ0) is 22.5. The van der Waals surface area contributed by atoms with E-state index in [9.17, 15) is 4.79 Å². The Morgan fingerprint density at radius 2 is 1.91 bits per heavy atom. The van der Waals surface area contributed by atoms with Crippen molar-refractivity contribution < 1.29 is 23.4 Å². The largest absolute Gasteiger partial charge is 0.493 e. The smallest absolute Gasteiger partial charge is 0.255 e. The van der Waals surface area contributed by atoms with Gasteiger partial charge in [0.2, 0.25) is 5.75 Å². The summed E-state index contributed by atoms with van der Waals surface area (Å²) < 4.78 is 21.6. The molecule has 0 unspecified atom stereocenters. The van der Waals surface area contributed by atoms with E-state index < -0.39 is 0 Å². The molecule has 0 aliphatic heterocycles. The molecule has 1 aliphatic carbocycles. The van der Waals surface area contributed by atoms with Gasteiger partial charge in [-0.1, -0.05) is 0 Å². The maximum Gasteiger partial charge on any atom is 0.255 e. The number of rotatable bonds is 8. The van der Waals surface area contributed by atoms with Gasteiger partial charge in [-0.3, -0.25) is 4.79 Å². The molecular weight excluding hydrogens is 428 g/mol. The van der Waals surface area contributed by atoms with Crippen LogP contribution >= 0.6 is 11.3 Å². The van der Waals surface area contributed by atoms with Crippen LogP contribution in [-0.4, -0.2) is 33.5 Å². The number of aryl methyl sites for hydroxylation is 1. The molecule has 0 saturated carbocycles. The number of furan rings is 1. The lowest BCUT2D eigenvalue weighted by atomic mass is 9.95. The molecule has 8 heteroatoms. The van der Waals surface area contributed by atoms with E-state index in [1.54, 1.807) is 51.2 Å². The maximum absolute atomic E-state index is 13.1. The molecule has 0 saturated heterocycles. The van der Waals surface area contributed by atoms with Crippen LogP contribution in [0.5, 0.6) is 17.2 Å². The standard InChI is InChI=1S/C24H26N2O5S/c1-28-18-11-15(12-19(29-2)22(18)30-3)13-26-24-21(17-8-4-5-9-20(17)32-24)23(27)25-14-16-7-6-10-31-16/h6-7,10-13H,4-5,8-9,14H2,1-3H3,(H,25,27). The van der Waals surface area contributed by atoms with Gasteiger partial charge >= 0.3 is 0 Å². The van der Waals surface area contributed by atoms with Gasteiger partial charge in [-0.25, -0.2) is 4.99 Å². The molecule has 1 amide bonds. The number of aliphatic imine (C=N–C) groups is 1. The van der Waals surface area contributed by atoms with Crippen LogP contribution in [-0.2, 0) is 19.4 Å². The molecular formula is C24H26N2O5S. The first kappa shape index (κ1) is 22.0. The fraction of sp³-hybridized carbons (Fsp3) is 0.333. The van der Waals surface area contributed by atoms with Gasteiger partial charge in [0.25, 0.3) is 5.91 Å². The fourth-order valence-electron chi connectivity index (χ4n) is 3.85. The van der Waals surface area contributed by atoms with Crippen molar-refractivity contribution >= 4 is 28.5 Å². The van der Waals surface area contributed by atoms with Gasteiger partial charge < -0.3 is 23.9 Å². The summed E-state index contributed by atoms with van der Waals surface area (Å²) in [5, 5.41) is 3.68. The van der Waals surface area contributed by atoms with Crippen molar-refractivity contribution in [2.75, 3.05) is 21.3 Å². The highest BCUT2D eigenvalue weighted by molar-refractivity contribution is 7.16. The van der Waals surface area contributed by atoms with E-state index in [4.69, 9.17) is 23.6 Å². The molecule has 0 spiro atoms. The normalized spacial score (nSPS) is 13.1. The van der Waals surface area contributed by atoms with Crippen LogP contribution in [0, 0.1) is 0 Å². The van der Waals surface area contributed by atoms with E-state index in [1.165, 1.54) is 4.88 Å². The van der Waals surface area contributed by atoms with Crippen molar-refractivity contribution in [1.29, 1.82) is 0 Å². The summed E-state index contributed by atoms with van der Waals surface area (Å²) in [7, 11) is 4.72. The molecule has 7 nitrogen and oxygen atoms in total. The average Bonchev–Trinajstić information content (AvgIpc) is 3.48. The first-order chi connectivity index (χ1) is 15.6. The second kappa shape index (κ2) is 9.91. The van der Waals surface area contributed by atoms with E-state index in [1.807, 2.05) is 18.2 Å². The number of hydrogen-bond acceptors (Lipinski definition) is 7.